The van der Waals surface area contributed by atoms with Gasteiger partial charge in [0.15, 0.2) is 5.96 Å². The van der Waals surface area contributed by atoms with Gasteiger partial charge in [-0.05, 0) is 37.5 Å². The quantitative estimate of drug-likeness (QED) is 0.295. The SMILES string of the molecule is CCNC(=NCCc1c[nH]c2cc(C)ccc12)N1CCN(Cc2ccon2)CC1.I. The summed E-state index contributed by atoms with van der Waals surface area (Å²) in [5.41, 5.74) is 4.81. The normalized spacial score (nSPS) is 15.4. The third-order valence-corrected chi connectivity index (χ3v) is 5.45. The molecule has 0 radical (unpaired) electrons. The molecule has 1 aliphatic rings. The highest BCUT2D eigenvalue weighted by Crippen LogP contribution is 2.20. The number of H-pyrrole nitrogens is 1. The van der Waals surface area contributed by atoms with E-state index in [9.17, 15) is 0 Å². The lowest BCUT2D eigenvalue weighted by Crippen LogP contribution is -2.52. The van der Waals surface area contributed by atoms with E-state index < -0.39 is 0 Å². The number of aliphatic imine (C=N–C) groups is 1. The highest BCUT2D eigenvalue weighted by molar-refractivity contribution is 14.0. The van der Waals surface area contributed by atoms with Crippen molar-refractivity contribution in [2.24, 2.45) is 4.99 Å². The first-order chi connectivity index (χ1) is 14.2. The fourth-order valence-electron chi connectivity index (χ4n) is 3.88. The smallest absolute Gasteiger partial charge is 0.194 e. The molecule has 0 bridgehead atoms. The van der Waals surface area contributed by atoms with E-state index >= 15 is 0 Å². The minimum Gasteiger partial charge on any atom is -0.364 e. The Kier molecular flexibility index (Phi) is 8.15. The lowest BCUT2D eigenvalue weighted by Gasteiger charge is -2.36. The molecule has 162 valence electrons. The van der Waals surface area contributed by atoms with Crippen molar-refractivity contribution in [3.05, 3.63) is 53.5 Å². The van der Waals surface area contributed by atoms with Crippen LogP contribution in [0.25, 0.3) is 10.9 Å². The van der Waals surface area contributed by atoms with Crippen LogP contribution in [0.2, 0.25) is 0 Å². The standard InChI is InChI=1S/C22H30N6O.HI/c1-3-23-22(28-11-9-27(10-12-28)16-19-7-13-29-26-19)24-8-6-18-15-25-21-14-17(2)4-5-20(18)21;/h4-5,7,13-15,25H,3,6,8-12,16H2,1-2H3,(H,23,24);1H. The molecule has 4 rings (SSSR count). The van der Waals surface area contributed by atoms with Crippen molar-refractivity contribution < 1.29 is 4.52 Å². The first kappa shape index (κ1) is 22.6. The Morgan fingerprint density at radius 2 is 2.07 bits per heavy atom. The maximum absolute atomic E-state index is 4.94. The maximum Gasteiger partial charge on any atom is 0.194 e. The van der Waals surface area contributed by atoms with Crippen molar-refractivity contribution in [1.29, 1.82) is 0 Å². The fraction of sp³-hybridized carbons (Fsp3) is 0.455. The summed E-state index contributed by atoms with van der Waals surface area (Å²) in [5, 5.41) is 8.78. The summed E-state index contributed by atoms with van der Waals surface area (Å²) < 4.78 is 4.94. The van der Waals surface area contributed by atoms with Gasteiger partial charge in [-0.1, -0.05) is 17.3 Å². The van der Waals surface area contributed by atoms with Gasteiger partial charge in [0, 0.05) is 69.0 Å². The molecule has 1 aromatic carbocycles. The van der Waals surface area contributed by atoms with Gasteiger partial charge in [-0.3, -0.25) is 9.89 Å². The molecule has 30 heavy (non-hydrogen) atoms. The lowest BCUT2D eigenvalue weighted by molar-refractivity contribution is 0.169. The topological polar surface area (TPSA) is 72.7 Å². The van der Waals surface area contributed by atoms with Crippen LogP contribution in [-0.2, 0) is 13.0 Å². The van der Waals surface area contributed by atoms with Crippen LogP contribution < -0.4 is 5.32 Å². The Morgan fingerprint density at radius 3 is 2.80 bits per heavy atom. The number of aromatic amines is 1. The molecule has 1 fully saturated rings. The van der Waals surface area contributed by atoms with E-state index in [1.165, 1.54) is 22.0 Å². The van der Waals surface area contributed by atoms with Crippen LogP contribution in [0, 0.1) is 6.92 Å². The highest BCUT2D eigenvalue weighted by Gasteiger charge is 2.20. The zero-order valence-corrected chi connectivity index (χ0v) is 20.1. The van der Waals surface area contributed by atoms with Gasteiger partial charge in [0.25, 0.3) is 0 Å². The molecule has 0 aliphatic carbocycles. The second-order valence-corrected chi connectivity index (χ2v) is 7.60. The number of nitrogens with zero attached hydrogens (tertiary/aromatic N) is 4. The van der Waals surface area contributed by atoms with E-state index in [1.54, 1.807) is 6.26 Å². The van der Waals surface area contributed by atoms with Crippen molar-refractivity contribution in [2.45, 2.75) is 26.8 Å². The molecular weight excluding hydrogens is 491 g/mol. The molecule has 0 atom stereocenters. The van der Waals surface area contributed by atoms with Crippen molar-refractivity contribution in [3.8, 4) is 0 Å². The van der Waals surface area contributed by atoms with E-state index in [-0.39, 0.29) is 24.0 Å². The van der Waals surface area contributed by atoms with E-state index in [1.807, 2.05) is 6.07 Å². The number of fused-ring (bicyclic) bond motifs is 1. The Morgan fingerprint density at radius 1 is 1.23 bits per heavy atom. The molecule has 1 aliphatic heterocycles. The van der Waals surface area contributed by atoms with Crippen molar-refractivity contribution in [3.63, 3.8) is 0 Å². The molecule has 0 unspecified atom stereocenters. The lowest BCUT2D eigenvalue weighted by atomic mass is 10.1. The predicted molar refractivity (Wildman–Crippen MR) is 131 cm³/mol. The molecule has 2 N–H and O–H groups in total. The Hall–Kier alpha value is -2.07. The number of aromatic nitrogens is 2. The average molecular weight is 522 g/mol. The van der Waals surface area contributed by atoms with Crippen LogP contribution in [0.15, 0.2) is 46.2 Å². The van der Waals surface area contributed by atoms with Crippen molar-refractivity contribution >= 4 is 40.8 Å². The van der Waals surface area contributed by atoms with Gasteiger partial charge in [0.1, 0.15) is 6.26 Å². The molecule has 1 saturated heterocycles. The molecule has 3 heterocycles. The van der Waals surface area contributed by atoms with Crippen LogP contribution in [0.4, 0.5) is 0 Å². The molecule has 7 nitrogen and oxygen atoms in total. The van der Waals surface area contributed by atoms with Gasteiger partial charge >= 0.3 is 0 Å². The number of benzene rings is 1. The third kappa shape index (κ3) is 5.54. The van der Waals surface area contributed by atoms with Crippen LogP contribution in [-0.4, -0.2) is 65.2 Å². The second kappa shape index (κ2) is 10.8. The minimum absolute atomic E-state index is 0. The Balaban J connectivity index is 0.00000256. The van der Waals surface area contributed by atoms with Crippen LogP contribution >= 0.6 is 24.0 Å². The summed E-state index contributed by atoms with van der Waals surface area (Å²) in [6.45, 7) is 10.7. The monoisotopic (exact) mass is 522 g/mol. The molecular formula is C22H31IN6O. The number of piperazine rings is 1. The Labute approximate surface area is 194 Å². The molecule has 0 spiro atoms. The van der Waals surface area contributed by atoms with Crippen molar-refractivity contribution in [1.82, 2.24) is 25.3 Å². The van der Waals surface area contributed by atoms with Crippen LogP contribution in [0.5, 0.6) is 0 Å². The van der Waals surface area contributed by atoms with E-state index in [2.05, 4.69) is 63.5 Å². The zero-order chi connectivity index (χ0) is 20.1. The van der Waals surface area contributed by atoms with Gasteiger partial charge < -0.3 is 19.7 Å². The zero-order valence-electron chi connectivity index (χ0n) is 17.7. The van der Waals surface area contributed by atoms with Gasteiger partial charge in [-0.2, -0.15) is 0 Å². The summed E-state index contributed by atoms with van der Waals surface area (Å²) in [6, 6.07) is 8.51. The predicted octanol–water partition coefficient (Wildman–Crippen LogP) is 3.41. The summed E-state index contributed by atoms with van der Waals surface area (Å²) in [7, 11) is 0. The van der Waals surface area contributed by atoms with Gasteiger partial charge in [-0.15, -0.1) is 24.0 Å². The molecule has 8 heteroatoms. The summed E-state index contributed by atoms with van der Waals surface area (Å²) in [4.78, 5) is 13.1. The van der Waals surface area contributed by atoms with Crippen LogP contribution in [0.1, 0.15) is 23.7 Å². The summed E-state index contributed by atoms with van der Waals surface area (Å²) in [6.07, 6.45) is 4.69. The number of rotatable bonds is 6. The number of nitrogens with one attached hydrogen (secondary N) is 2. The van der Waals surface area contributed by atoms with Crippen LogP contribution in [0.3, 0.4) is 0 Å². The number of hydrogen-bond donors (Lipinski definition) is 2. The largest absolute Gasteiger partial charge is 0.364 e. The molecule has 0 amide bonds. The molecule has 3 aromatic rings. The van der Waals surface area contributed by atoms with Gasteiger partial charge in [0.05, 0.1) is 5.69 Å². The summed E-state index contributed by atoms with van der Waals surface area (Å²) >= 11 is 0. The third-order valence-electron chi connectivity index (χ3n) is 5.45. The number of halogens is 1. The first-order valence-electron chi connectivity index (χ1n) is 10.4. The fourth-order valence-corrected chi connectivity index (χ4v) is 3.88. The van der Waals surface area contributed by atoms with E-state index in [4.69, 9.17) is 9.52 Å². The number of hydrogen-bond acceptors (Lipinski definition) is 4. The number of guanidine groups is 1. The average Bonchev–Trinajstić information content (AvgIpc) is 3.38. The minimum atomic E-state index is 0. The van der Waals surface area contributed by atoms with Crippen molar-refractivity contribution in [2.75, 3.05) is 39.3 Å². The Bertz CT molecular complexity index is 944. The number of aryl methyl sites for hydroxylation is 1. The van der Waals surface area contributed by atoms with Gasteiger partial charge in [-0.25, -0.2) is 0 Å². The van der Waals surface area contributed by atoms with Gasteiger partial charge in [0.2, 0.25) is 0 Å². The van der Waals surface area contributed by atoms with E-state index in [0.29, 0.717) is 0 Å². The van der Waals surface area contributed by atoms with E-state index in [0.717, 1.165) is 63.9 Å². The second-order valence-electron chi connectivity index (χ2n) is 7.60. The first-order valence-corrected chi connectivity index (χ1v) is 10.4. The molecule has 2 aromatic heterocycles. The maximum atomic E-state index is 4.94. The molecule has 0 saturated carbocycles. The summed E-state index contributed by atoms with van der Waals surface area (Å²) in [5.74, 6) is 1.02. The highest BCUT2D eigenvalue weighted by atomic mass is 127.